The van der Waals surface area contributed by atoms with E-state index in [0.29, 0.717) is 23.5 Å². The number of carbonyl (C=O) groups excluding carboxylic acids is 1. The summed E-state index contributed by atoms with van der Waals surface area (Å²) in [4.78, 5) is 12.5. The largest absolute Gasteiger partial charge is 0.493 e. The molecule has 0 aliphatic rings. The summed E-state index contributed by atoms with van der Waals surface area (Å²) in [6, 6.07) is 12.8. The minimum Gasteiger partial charge on any atom is -0.493 e. The third-order valence-electron chi connectivity index (χ3n) is 3.62. The van der Waals surface area contributed by atoms with E-state index in [-0.39, 0.29) is 10.0 Å². The molecule has 3 nitrogen and oxygen atoms in total. The van der Waals surface area contributed by atoms with Crippen LogP contribution in [0, 0.1) is 17.1 Å². The van der Waals surface area contributed by atoms with Crippen LogP contribution in [0.2, 0.25) is 0 Å². The molecule has 0 bridgehead atoms. The highest BCUT2D eigenvalue weighted by Crippen LogP contribution is 2.28. The van der Waals surface area contributed by atoms with Crippen molar-refractivity contribution in [2.24, 2.45) is 0 Å². The first kappa shape index (κ1) is 19.0. The van der Waals surface area contributed by atoms with Crippen LogP contribution < -0.4 is 4.74 Å². The van der Waals surface area contributed by atoms with Crippen LogP contribution in [0.4, 0.5) is 4.39 Å². The second-order valence-electron chi connectivity index (χ2n) is 5.58. The zero-order valence-corrected chi connectivity index (χ0v) is 14.9. The average Bonchev–Trinajstić information content (AvgIpc) is 2.63. The Morgan fingerprint density at radius 1 is 1.16 bits per heavy atom. The van der Waals surface area contributed by atoms with Crippen molar-refractivity contribution in [1.29, 1.82) is 5.26 Å². The number of thioether (sulfide) groups is 1. The number of rotatable bonds is 8. The molecule has 0 fully saturated rings. The Kier molecular flexibility index (Phi) is 7.49. The van der Waals surface area contributed by atoms with E-state index in [9.17, 15) is 9.18 Å². The van der Waals surface area contributed by atoms with E-state index in [2.05, 4.69) is 6.92 Å². The van der Waals surface area contributed by atoms with Gasteiger partial charge in [0.1, 0.15) is 11.6 Å². The number of ether oxygens (including phenoxy) is 1. The summed E-state index contributed by atoms with van der Waals surface area (Å²) >= 11 is 0.828. The molecule has 0 saturated carbocycles. The fourth-order valence-electron chi connectivity index (χ4n) is 2.21. The second-order valence-corrected chi connectivity index (χ2v) is 6.59. The molecule has 0 aliphatic heterocycles. The van der Waals surface area contributed by atoms with Crippen LogP contribution in [-0.2, 0) is 0 Å². The zero-order chi connectivity index (χ0) is 18.1. The second kappa shape index (κ2) is 9.85. The van der Waals surface area contributed by atoms with E-state index in [4.69, 9.17) is 10.00 Å². The molecule has 0 unspecified atom stereocenters. The van der Waals surface area contributed by atoms with Crippen LogP contribution in [0.15, 0.2) is 47.4 Å². The number of nitriles is 1. The number of unbranched alkanes of at least 4 members (excludes halogenated alkanes) is 3. The first-order valence-corrected chi connectivity index (χ1v) is 9.10. The van der Waals surface area contributed by atoms with Gasteiger partial charge in [0, 0.05) is 11.6 Å². The molecule has 25 heavy (non-hydrogen) atoms. The van der Waals surface area contributed by atoms with Crippen LogP contribution in [0.3, 0.4) is 0 Å². The normalized spacial score (nSPS) is 10.3. The summed E-state index contributed by atoms with van der Waals surface area (Å²) in [5.74, 6) is 0.00206. The molecule has 130 valence electrons. The van der Waals surface area contributed by atoms with Crippen molar-refractivity contribution < 1.29 is 13.9 Å². The van der Waals surface area contributed by atoms with Gasteiger partial charge in [0.25, 0.3) is 0 Å². The van der Waals surface area contributed by atoms with Crippen molar-refractivity contribution in [1.82, 2.24) is 0 Å². The zero-order valence-electron chi connectivity index (χ0n) is 14.1. The molecule has 0 atom stereocenters. The van der Waals surface area contributed by atoms with Gasteiger partial charge in [-0.15, -0.1) is 0 Å². The Balaban J connectivity index is 1.93. The third kappa shape index (κ3) is 5.91. The van der Waals surface area contributed by atoms with E-state index in [1.165, 1.54) is 12.5 Å². The molecule has 0 saturated heterocycles. The van der Waals surface area contributed by atoms with Gasteiger partial charge >= 0.3 is 0 Å². The Bertz CT molecular complexity index is 753. The van der Waals surface area contributed by atoms with Gasteiger partial charge in [0.05, 0.1) is 23.1 Å². The van der Waals surface area contributed by atoms with Gasteiger partial charge in [0.15, 0.2) is 0 Å². The van der Waals surface area contributed by atoms with Crippen LogP contribution in [0.25, 0.3) is 0 Å². The van der Waals surface area contributed by atoms with E-state index in [0.717, 1.165) is 31.0 Å². The highest BCUT2D eigenvalue weighted by molar-refractivity contribution is 8.14. The van der Waals surface area contributed by atoms with Gasteiger partial charge in [-0.1, -0.05) is 26.2 Å². The first-order valence-electron chi connectivity index (χ1n) is 8.28. The van der Waals surface area contributed by atoms with Crippen molar-refractivity contribution in [2.45, 2.75) is 37.5 Å². The molecule has 0 spiro atoms. The van der Waals surface area contributed by atoms with Crippen LogP contribution in [0.1, 0.15) is 48.5 Å². The Morgan fingerprint density at radius 3 is 2.56 bits per heavy atom. The molecule has 0 aliphatic carbocycles. The predicted molar refractivity (Wildman–Crippen MR) is 97.4 cm³/mol. The summed E-state index contributed by atoms with van der Waals surface area (Å²) in [6.45, 7) is 2.71. The summed E-state index contributed by atoms with van der Waals surface area (Å²) in [5, 5.41) is 8.50. The van der Waals surface area contributed by atoms with E-state index >= 15 is 0 Å². The highest BCUT2D eigenvalue weighted by Gasteiger charge is 2.12. The SMILES string of the molecule is CCCCCCOc1ccc(SC(=O)c2ccc(C#N)cc2)c(F)c1. The van der Waals surface area contributed by atoms with Crippen molar-refractivity contribution in [2.75, 3.05) is 6.61 Å². The maximum absolute atomic E-state index is 14.2. The van der Waals surface area contributed by atoms with E-state index in [1.807, 2.05) is 6.07 Å². The molecular formula is C20H20FNO2S. The minimum atomic E-state index is -0.474. The summed E-state index contributed by atoms with van der Waals surface area (Å²) in [5.41, 5.74) is 0.910. The van der Waals surface area contributed by atoms with E-state index in [1.54, 1.807) is 36.4 Å². The molecule has 0 heterocycles. The maximum Gasteiger partial charge on any atom is 0.224 e. The fourth-order valence-corrected chi connectivity index (χ4v) is 2.96. The molecule has 0 radical (unpaired) electrons. The molecule has 5 heteroatoms. The molecule has 0 N–H and O–H groups in total. The van der Waals surface area contributed by atoms with Crippen molar-refractivity contribution in [3.8, 4) is 11.8 Å². The summed E-state index contributed by atoms with van der Waals surface area (Å²) in [6.07, 6.45) is 4.38. The number of carbonyl (C=O) groups is 1. The molecule has 0 amide bonds. The van der Waals surface area contributed by atoms with Gasteiger partial charge in [-0.25, -0.2) is 4.39 Å². The number of halogens is 1. The topological polar surface area (TPSA) is 50.1 Å². The number of hydrogen-bond donors (Lipinski definition) is 0. The van der Waals surface area contributed by atoms with Gasteiger partial charge in [-0.3, -0.25) is 4.79 Å². The Labute approximate surface area is 151 Å². The quantitative estimate of drug-likeness (QED) is 0.456. The number of benzene rings is 2. The van der Waals surface area contributed by atoms with Crippen molar-refractivity contribution in [3.05, 3.63) is 59.4 Å². The summed E-state index contributed by atoms with van der Waals surface area (Å²) in [7, 11) is 0. The Morgan fingerprint density at radius 2 is 1.92 bits per heavy atom. The lowest BCUT2D eigenvalue weighted by Gasteiger charge is -2.08. The van der Waals surface area contributed by atoms with Gasteiger partial charge in [-0.05, 0) is 54.6 Å². The van der Waals surface area contributed by atoms with Crippen LogP contribution in [-0.4, -0.2) is 11.7 Å². The standard InChI is InChI=1S/C20H20FNO2S/c1-2-3-4-5-12-24-17-10-11-19(18(21)13-17)25-20(23)16-8-6-15(14-22)7-9-16/h6-11,13H,2-5,12H2,1H3. The highest BCUT2D eigenvalue weighted by atomic mass is 32.2. The molecule has 0 aromatic heterocycles. The van der Waals surface area contributed by atoms with Crippen LogP contribution in [0.5, 0.6) is 5.75 Å². The lowest BCUT2D eigenvalue weighted by molar-refractivity contribution is 0.108. The maximum atomic E-state index is 14.2. The van der Waals surface area contributed by atoms with Crippen LogP contribution >= 0.6 is 11.8 Å². The number of hydrogen-bond acceptors (Lipinski definition) is 4. The van der Waals surface area contributed by atoms with E-state index < -0.39 is 5.82 Å². The minimum absolute atomic E-state index is 0.257. The van der Waals surface area contributed by atoms with Gasteiger partial charge < -0.3 is 4.74 Å². The number of nitrogens with zero attached hydrogens (tertiary/aromatic N) is 1. The molecular weight excluding hydrogens is 337 g/mol. The van der Waals surface area contributed by atoms with Gasteiger partial charge in [-0.2, -0.15) is 5.26 Å². The molecule has 2 aromatic carbocycles. The third-order valence-corrected chi connectivity index (χ3v) is 4.59. The monoisotopic (exact) mass is 357 g/mol. The van der Waals surface area contributed by atoms with Crippen molar-refractivity contribution in [3.63, 3.8) is 0 Å². The summed E-state index contributed by atoms with van der Waals surface area (Å²) < 4.78 is 19.7. The smallest absolute Gasteiger partial charge is 0.224 e. The van der Waals surface area contributed by atoms with Gasteiger partial charge in [0.2, 0.25) is 5.12 Å². The Hall–Kier alpha value is -2.32. The average molecular weight is 357 g/mol. The lowest BCUT2D eigenvalue weighted by Crippen LogP contribution is -1.99. The predicted octanol–water partition coefficient (Wildman–Crippen LogP) is 5.59. The first-order chi connectivity index (χ1) is 12.1. The van der Waals surface area contributed by atoms with Crippen molar-refractivity contribution >= 4 is 16.9 Å². The fraction of sp³-hybridized carbons (Fsp3) is 0.300. The lowest BCUT2D eigenvalue weighted by atomic mass is 10.2. The molecule has 2 rings (SSSR count). The molecule has 2 aromatic rings.